The molecule has 0 radical (unpaired) electrons. The van der Waals surface area contributed by atoms with Crippen LogP contribution >= 0.6 is 0 Å². The summed E-state index contributed by atoms with van der Waals surface area (Å²) in [5.74, 6) is 1.03. The first-order chi connectivity index (χ1) is 12.2. The zero-order valence-electron chi connectivity index (χ0n) is 13.6. The molecular weight excluding hydrogens is 323 g/mol. The molecule has 2 aliphatic rings. The zero-order chi connectivity index (χ0) is 17.2. The number of hydrogen-bond acceptors (Lipinski definition) is 4. The Kier molecular flexibility index (Phi) is 4.28. The molecule has 2 N–H and O–H groups in total. The fraction of sp³-hybridized carbons (Fsp3) is 0.316. The number of fused-ring (bicyclic) bond motifs is 1. The normalized spacial score (nSPS) is 16.5. The van der Waals surface area contributed by atoms with Gasteiger partial charge in [-0.1, -0.05) is 18.2 Å². The van der Waals surface area contributed by atoms with Crippen LogP contribution in [-0.2, 0) is 11.3 Å². The Labute approximate surface area is 145 Å². The maximum absolute atomic E-state index is 13.2. The number of benzene rings is 2. The first-order valence-corrected chi connectivity index (χ1v) is 8.37. The second kappa shape index (κ2) is 6.72. The van der Waals surface area contributed by atoms with Gasteiger partial charge in [-0.3, -0.25) is 10.1 Å². The van der Waals surface area contributed by atoms with Crippen molar-refractivity contribution in [3.8, 4) is 11.5 Å². The minimum atomic E-state index is -0.536. The number of amides is 1. The lowest BCUT2D eigenvalue weighted by molar-refractivity contribution is -0.123. The van der Waals surface area contributed by atoms with Crippen LogP contribution in [0.25, 0.3) is 0 Å². The highest BCUT2D eigenvalue weighted by Crippen LogP contribution is 2.32. The number of hydrogen-bond donors (Lipinski definition) is 2. The average molecular weight is 342 g/mol. The van der Waals surface area contributed by atoms with Crippen molar-refractivity contribution in [2.24, 2.45) is 0 Å². The van der Waals surface area contributed by atoms with E-state index in [-0.39, 0.29) is 24.6 Å². The monoisotopic (exact) mass is 342 g/mol. The Morgan fingerprint density at radius 1 is 1.12 bits per heavy atom. The smallest absolute Gasteiger partial charge is 0.241 e. The number of halogens is 1. The van der Waals surface area contributed by atoms with Crippen molar-refractivity contribution >= 4 is 5.91 Å². The van der Waals surface area contributed by atoms with Crippen LogP contribution in [0, 0.1) is 5.82 Å². The Hall–Kier alpha value is -2.60. The standard InChI is InChI=1S/C19H19FN2O3/c20-14-4-2-13(3-5-14)18(19(23)22-15-6-7-15)21-10-12-1-8-16-17(9-12)25-11-24-16/h1-5,8-9,15,18,21H,6-7,10-11H2,(H,22,23). The van der Waals surface area contributed by atoms with E-state index in [1.165, 1.54) is 12.1 Å². The third-order valence-electron chi connectivity index (χ3n) is 4.34. The van der Waals surface area contributed by atoms with Crippen molar-refractivity contribution in [1.82, 2.24) is 10.6 Å². The molecule has 1 aliphatic heterocycles. The van der Waals surface area contributed by atoms with Crippen molar-refractivity contribution in [3.63, 3.8) is 0 Å². The van der Waals surface area contributed by atoms with Gasteiger partial charge >= 0.3 is 0 Å². The van der Waals surface area contributed by atoms with Crippen LogP contribution in [0.15, 0.2) is 42.5 Å². The predicted octanol–water partition coefficient (Wildman–Crippen LogP) is 2.66. The van der Waals surface area contributed by atoms with Gasteiger partial charge in [0.1, 0.15) is 11.9 Å². The number of nitrogens with one attached hydrogen (secondary N) is 2. The number of rotatable bonds is 6. The lowest BCUT2D eigenvalue weighted by Gasteiger charge is -2.19. The third kappa shape index (κ3) is 3.74. The van der Waals surface area contributed by atoms with Crippen LogP contribution in [0.5, 0.6) is 11.5 Å². The second-order valence-corrected chi connectivity index (χ2v) is 6.34. The Bertz CT molecular complexity index is 775. The third-order valence-corrected chi connectivity index (χ3v) is 4.34. The minimum absolute atomic E-state index is 0.0881. The maximum Gasteiger partial charge on any atom is 0.241 e. The number of carbonyl (C=O) groups excluding carboxylic acids is 1. The fourth-order valence-corrected chi connectivity index (χ4v) is 2.80. The van der Waals surface area contributed by atoms with Crippen LogP contribution in [0.3, 0.4) is 0 Å². The summed E-state index contributed by atoms with van der Waals surface area (Å²) in [6, 6.07) is 11.4. The van der Waals surface area contributed by atoms with E-state index in [0.717, 1.165) is 29.7 Å². The van der Waals surface area contributed by atoms with E-state index in [1.54, 1.807) is 12.1 Å². The van der Waals surface area contributed by atoms with E-state index in [9.17, 15) is 9.18 Å². The number of ether oxygens (including phenoxy) is 2. The molecule has 130 valence electrons. The molecule has 1 saturated carbocycles. The SMILES string of the molecule is O=C(NC1CC1)C(NCc1ccc2c(c1)OCO2)c1ccc(F)cc1. The van der Waals surface area contributed by atoms with Crippen molar-refractivity contribution in [1.29, 1.82) is 0 Å². The minimum Gasteiger partial charge on any atom is -0.454 e. The van der Waals surface area contributed by atoms with Gasteiger partial charge in [-0.05, 0) is 48.2 Å². The average Bonchev–Trinajstić information content (AvgIpc) is 3.30. The van der Waals surface area contributed by atoms with Crippen molar-refractivity contribution in [3.05, 3.63) is 59.4 Å². The van der Waals surface area contributed by atoms with E-state index >= 15 is 0 Å². The molecule has 5 nitrogen and oxygen atoms in total. The summed E-state index contributed by atoms with van der Waals surface area (Å²) in [5.41, 5.74) is 1.72. The Balaban J connectivity index is 1.49. The van der Waals surface area contributed by atoms with Gasteiger partial charge < -0.3 is 14.8 Å². The van der Waals surface area contributed by atoms with E-state index in [1.807, 2.05) is 18.2 Å². The lowest BCUT2D eigenvalue weighted by Crippen LogP contribution is -2.38. The summed E-state index contributed by atoms with van der Waals surface area (Å²) in [6.45, 7) is 0.713. The van der Waals surface area contributed by atoms with Crippen LogP contribution in [-0.4, -0.2) is 18.7 Å². The van der Waals surface area contributed by atoms with Gasteiger partial charge in [0.05, 0.1) is 0 Å². The Morgan fingerprint density at radius 2 is 1.88 bits per heavy atom. The summed E-state index contributed by atoms with van der Waals surface area (Å²) in [7, 11) is 0. The molecule has 0 bridgehead atoms. The molecule has 1 heterocycles. The van der Waals surface area contributed by atoms with Gasteiger partial charge in [-0.15, -0.1) is 0 Å². The van der Waals surface area contributed by atoms with Gasteiger partial charge in [0.2, 0.25) is 12.7 Å². The number of carbonyl (C=O) groups is 1. The quantitative estimate of drug-likeness (QED) is 0.847. The second-order valence-electron chi connectivity index (χ2n) is 6.34. The molecule has 4 rings (SSSR count). The lowest BCUT2D eigenvalue weighted by atomic mass is 10.1. The molecule has 2 aromatic rings. The van der Waals surface area contributed by atoms with Crippen LogP contribution in [0.4, 0.5) is 4.39 Å². The van der Waals surface area contributed by atoms with Crippen LogP contribution in [0.1, 0.15) is 30.0 Å². The molecule has 0 aromatic heterocycles. The predicted molar refractivity (Wildman–Crippen MR) is 89.7 cm³/mol. The zero-order valence-corrected chi connectivity index (χ0v) is 13.6. The molecule has 0 spiro atoms. The molecule has 1 amide bonds. The molecule has 1 fully saturated rings. The summed E-state index contributed by atoms with van der Waals surface area (Å²) >= 11 is 0. The van der Waals surface area contributed by atoms with E-state index in [0.29, 0.717) is 12.3 Å². The first kappa shape index (κ1) is 15.9. The highest BCUT2D eigenvalue weighted by molar-refractivity contribution is 5.83. The summed E-state index contributed by atoms with van der Waals surface area (Å²) < 4.78 is 23.9. The largest absolute Gasteiger partial charge is 0.454 e. The molecular formula is C19H19FN2O3. The fourth-order valence-electron chi connectivity index (χ4n) is 2.80. The molecule has 0 saturated heterocycles. The van der Waals surface area contributed by atoms with Gasteiger partial charge in [0.15, 0.2) is 11.5 Å². The topological polar surface area (TPSA) is 59.6 Å². The highest BCUT2D eigenvalue weighted by atomic mass is 19.1. The van der Waals surface area contributed by atoms with Crippen molar-refractivity contribution < 1.29 is 18.7 Å². The van der Waals surface area contributed by atoms with E-state index in [4.69, 9.17) is 9.47 Å². The maximum atomic E-state index is 13.2. The van der Waals surface area contributed by atoms with Gasteiger partial charge in [0.25, 0.3) is 0 Å². The first-order valence-electron chi connectivity index (χ1n) is 8.37. The summed E-state index contributed by atoms with van der Waals surface area (Å²) in [4.78, 5) is 12.6. The van der Waals surface area contributed by atoms with Gasteiger partial charge in [-0.25, -0.2) is 4.39 Å². The summed E-state index contributed by atoms with van der Waals surface area (Å²) in [6.07, 6.45) is 2.04. The molecule has 6 heteroatoms. The van der Waals surface area contributed by atoms with E-state index in [2.05, 4.69) is 10.6 Å². The van der Waals surface area contributed by atoms with Crippen molar-refractivity contribution in [2.75, 3.05) is 6.79 Å². The molecule has 25 heavy (non-hydrogen) atoms. The Morgan fingerprint density at radius 3 is 2.64 bits per heavy atom. The van der Waals surface area contributed by atoms with Crippen molar-refractivity contribution in [2.45, 2.75) is 31.5 Å². The van der Waals surface area contributed by atoms with Crippen LogP contribution < -0.4 is 20.1 Å². The molecule has 2 aromatic carbocycles. The molecule has 1 aliphatic carbocycles. The van der Waals surface area contributed by atoms with Crippen LogP contribution in [0.2, 0.25) is 0 Å². The summed E-state index contributed by atoms with van der Waals surface area (Å²) in [5, 5.41) is 6.27. The highest BCUT2D eigenvalue weighted by Gasteiger charge is 2.28. The molecule has 1 atom stereocenters. The van der Waals surface area contributed by atoms with E-state index < -0.39 is 6.04 Å². The molecule has 1 unspecified atom stereocenters. The van der Waals surface area contributed by atoms with Gasteiger partial charge in [0, 0.05) is 12.6 Å². The van der Waals surface area contributed by atoms with Gasteiger partial charge in [-0.2, -0.15) is 0 Å².